The van der Waals surface area contributed by atoms with Gasteiger partial charge in [0, 0.05) is 6.54 Å². The van der Waals surface area contributed by atoms with Gasteiger partial charge in [0.15, 0.2) is 5.60 Å². The first-order chi connectivity index (χ1) is 7.45. The van der Waals surface area contributed by atoms with Crippen LogP contribution in [0.25, 0.3) is 0 Å². The molecule has 1 atom stereocenters. The van der Waals surface area contributed by atoms with Crippen LogP contribution in [0.5, 0.6) is 0 Å². The zero-order valence-electron chi connectivity index (χ0n) is 9.49. The Morgan fingerprint density at radius 3 is 1.59 bits per heavy atom. The third kappa shape index (κ3) is 5.12. The highest BCUT2D eigenvalue weighted by Gasteiger charge is 2.59. The highest BCUT2D eigenvalue weighted by Crippen LogP contribution is 2.39. The van der Waals surface area contributed by atoms with Gasteiger partial charge in [-0.15, -0.1) is 0 Å². The molecule has 0 radical (unpaired) electrons. The van der Waals surface area contributed by atoms with Crippen LogP contribution in [0.4, 0.5) is 26.3 Å². The van der Waals surface area contributed by atoms with E-state index in [-0.39, 0.29) is 13.1 Å². The van der Waals surface area contributed by atoms with Crippen molar-refractivity contribution in [3.05, 3.63) is 0 Å². The summed E-state index contributed by atoms with van der Waals surface area (Å²) in [5, 5.41) is 9.23. The molecule has 0 saturated heterocycles. The lowest BCUT2D eigenvalue weighted by molar-refractivity contribution is -0.297. The predicted octanol–water partition coefficient (Wildman–Crippen LogP) is 2.57. The molecule has 0 bridgehead atoms. The topological polar surface area (TPSA) is 23.5 Å². The number of hydrogen-bond acceptors (Lipinski definition) is 2. The fourth-order valence-corrected chi connectivity index (χ4v) is 1.39. The lowest BCUT2D eigenvalue weighted by atomic mass is 9.97. The molecule has 0 heterocycles. The highest BCUT2D eigenvalue weighted by atomic mass is 19.4. The largest absolute Gasteiger partial charge is 0.418 e. The van der Waals surface area contributed by atoms with Crippen LogP contribution < -0.4 is 0 Å². The van der Waals surface area contributed by atoms with Crippen molar-refractivity contribution in [3.8, 4) is 0 Å². The van der Waals surface area contributed by atoms with E-state index in [0.29, 0.717) is 0 Å². The summed E-state index contributed by atoms with van der Waals surface area (Å²) in [6, 6.07) is 0. The van der Waals surface area contributed by atoms with E-state index < -0.39 is 30.9 Å². The SMILES string of the molecule is CCN(CC)CC(O)(CC(F)(F)F)C(F)(F)F. The van der Waals surface area contributed by atoms with Gasteiger partial charge in [0.2, 0.25) is 0 Å². The van der Waals surface area contributed by atoms with Crippen LogP contribution >= 0.6 is 0 Å². The Balaban J connectivity index is 4.99. The van der Waals surface area contributed by atoms with Crippen LogP contribution in [0, 0.1) is 0 Å². The van der Waals surface area contributed by atoms with Crippen molar-refractivity contribution >= 4 is 0 Å². The van der Waals surface area contributed by atoms with Crippen LogP contribution in [-0.4, -0.2) is 47.6 Å². The molecule has 1 unspecified atom stereocenters. The number of rotatable bonds is 5. The standard InChI is InChI=1S/C9H15F6NO/c1-3-16(4-2)6-7(17,9(13,14)15)5-8(10,11)12/h17H,3-6H2,1-2H3. The molecule has 104 valence electrons. The Hall–Kier alpha value is -0.500. The summed E-state index contributed by atoms with van der Waals surface area (Å²) < 4.78 is 73.7. The maximum absolute atomic E-state index is 12.5. The molecule has 0 aliphatic rings. The van der Waals surface area contributed by atoms with Gasteiger partial charge >= 0.3 is 12.4 Å². The van der Waals surface area contributed by atoms with Gasteiger partial charge in [-0.05, 0) is 13.1 Å². The second kappa shape index (κ2) is 5.43. The molecule has 8 heteroatoms. The molecule has 2 nitrogen and oxygen atoms in total. The first-order valence-corrected chi connectivity index (χ1v) is 5.03. The zero-order valence-corrected chi connectivity index (χ0v) is 9.49. The molecule has 0 spiro atoms. The Morgan fingerprint density at radius 2 is 1.35 bits per heavy atom. The third-order valence-electron chi connectivity index (χ3n) is 2.40. The number of hydrogen-bond donors (Lipinski definition) is 1. The average Bonchev–Trinajstić information content (AvgIpc) is 2.09. The van der Waals surface area contributed by atoms with Crippen molar-refractivity contribution < 1.29 is 31.4 Å². The number of halogens is 6. The Kier molecular flexibility index (Phi) is 5.27. The van der Waals surface area contributed by atoms with Crippen molar-refractivity contribution in [2.45, 2.75) is 38.2 Å². The van der Waals surface area contributed by atoms with Crippen molar-refractivity contribution in [1.29, 1.82) is 0 Å². The summed E-state index contributed by atoms with van der Waals surface area (Å²) in [4.78, 5) is 1.10. The molecule has 0 saturated carbocycles. The fourth-order valence-electron chi connectivity index (χ4n) is 1.39. The lowest BCUT2D eigenvalue weighted by Crippen LogP contribution is -2.55. The molecule has 1 N–H and O–H groups in total. The Labute approximate surface area is 95.2 Å². The van der Waals surface area contributed by atoms with Crippen LogP contribution in [0.1, 0.15) is 20.3 Å². The second-order valence-electron chi connectivity index (χ2n) is 3.78. The van der Waals surface area contributed by atoms with E-state index in [0.717, 1.165) is 4.90 Å². The molecule has 0 amide bonds. The van der Waals surface area contributed by atoms with E-state index in [9.17, 15) is 31.4 Å². The summed E-state index contributed by atoms with van der Waals surface area (Å²) in [5.41, 5.74) is -3.75. The number of alkyl halides is 6. The van der Waals surface area contributed by atoms with Gasteiger partial charge in [0.25, 0.3) is 0 Å². The van der Waals surface area contributed by atoms with Crippen molar-refractivity contribution in [2.24, 2.45) is 0 Å². The van der Waals surface area contributed by atoms with Gasteiger partial charge < -0.3 is 10.0 Å². The summed E-state index contributed by atoms with van der Waals surface area (Å²) in [7, 11) is 0. The molecule has 0 aromatic heterocycles. The lowest BCUT2D eigenvalue weighted by Gasteiger charge is -2.35. The molecule has 0 aromatic carbocycles. The average molecular weight is 267 g/mol. The zero-order chi connectivity index (χ0) is 13.9. The van der Waals surface area contributed by atoms with Crippen LogP contribution in [-0.2, 0) is 0 Å². The Bertz CT molecular complexity index is 235. The molecule has 0 aliphatic carbocycles. The Morgan fingerprint density at radius 1 is 0.941 bits per heavy atom. The number of likely N-dealkylation sites (N-methyl/N-ethyl adjacent to an activating group) is 1. The summed E-state index contributed by atoms with van der Waals surface area (Å²) in [6.45, 7) is 2.20. The van der Waals surface area contributed by atoms with Crippen molar-refractivity contribution in [2.75, 3.05) is 19.6 Å². The summed E-state index contributed by atoms with van der Waals surface area (Å²) in [6.07, 6.45) is -12.7. The minimum Gasteiger partial charge on any atom is -0.379 e. The van der Waals surface area contributed by atoms with Crippen molar-refractivity contribution in [3.63, 3.8) is 0 Å². The maximum atomic E-state index is 12.5. The van der Waals surface area contributed by atoms with Crippen LogP contribution in [0.2, 0.25) is 0 Å². The van der Waals surface area contributed by atoms with E-state index in [4.69, 9.17) is 0 Å². The molecule has 0 fully saturated rings. The summed E-state index contributed by atoms with van der Waals surface area (Å²) in [5.74, 6) is 0. The van der Waals surface area contributed by atoms with E-state index in [1.807, 2.05) is 0 Å². The normalized spacial score (nSPS) is 17.3. The maximum Gasteiger partial charge on any atom is 0.418 e. The minimum atomic E-state index is -5.31. The smallest absolute Gasteiger partial charge is 0.379 e. The van der Waals surface area contributed by atoms with Gasteiger partial charge in [-0.2, -0.15) is 26.3 Å². The quantitative estimate of drug-likeness (QED) is 0.774. The molecule has 0 aromatic rings. The van der Waals surface area contributed by atoms with Gasteiger partial charge in [0.05, 0.1) is 6.42 Å². The molecule has 0 aliphatic heterocycles. The molecule has 0 rings (SSSR count). The van der Waals surface area contributed by atoms with E-state index >= 15 is 0 Å². The molecular weight excluding hydrogens is 252 g/mol. The highest BCUT2D eigenvalue weighted by molar-refractivity contribution is 4.91. The minimum absolute atomic E-state index is 0.132. The van der Waals surface area contributed by atoms with Gasteiger partial charge in [0.1, 0.15) is 0 Å². The van der Waals surface area contributed by atoms with Gasteiger partial charge in [-0.25, -0.2) is 0 Å². The van der Waals surface area contributed by atoms with Crippen LogP contribution in [0.15, 0.2) is 0 Å². The second-order valence-corrected chi connectivity index (χ2v) is 3.78. The van der Waals surface area contributed by atoms with Crippen molar-refractivity contribution in [1.82, 2.24) is 4.90 Å². The fraction of sp³-hybridized carbons (Fsp3) is 1.00. The monoisotopic (exact) mass is 267 g/mol. The molecular formula is C9H15F6NO. The number of nitrogens with zero attached hydrogens (tertiary/aromatic N) is 1. The van der Waals surface area contributed by atoms with E-state index in [2.05, 4.69) is 0 Å². The first-order valence-electron chi connectivity index (χ1n) is 5.03. The van der Waals surface area contributed by atoms with Gasteiger partial charge in [-0.3, -0.25) is 0 Å². The van der Waals surface area contributed by atoms with Gasteiger partial charge in [-0.1, -0.05) is 13.8 Å². The molecule has 17 heavy (non-hydrogen) atoms. The number of aliphatic hydroxyl groups is 1. The first kappa shape index (κ1) is 16.5. The summed E-state index contributed by atoms with van der Waals surface area (Å²) >= 11 is 0. The van der Waals surface area contributed by atoms with Crippen LogP contribution in [0.3, 0.4) is 0 Å². The van der Waals surface area contributed by atoms with E-state index in [1.54, 1.807) is 0 Å². The third-order valence-corrected chi connectivity index (χ3v) is 2.40. The predicted molar refractivity (Wildman–Crippen MR) is 49.5 cm³/mol. The van der Waals surface area contributed by atoms with E-state index in [1.165, 1.54) is 13.8 Å².